The third kappa shape index (κ3) is 3.61. The number of anilines is 1. The highest BCUT2D eigenvalue weighted by atomic mass is 32.1. The third-order valence-corrected chi connectivity index (χ3v) is 3.61. The number of nitrogens with two attached hydrogens (primary N) is 1. The summed E-state index contributed by atoms with van der Waals surface area (Å²) in [5, 5.41) is 12.3. The van der Waals surface area contributed by atoms with Crippen molar-refractivity contribution in [2.75, 3.05) is 5.32 Å². The maximum absolute atomic E-state index is 12.2. The van der Waals surface area contributed by atoms with Crippen molar-refractivity contribution in [3.8, 4) is 0 Å². The van der Waals surface area contributed by atoms with Gasteiger partial charge in [-0.25, -0.2) is 0 Å². The van der Waals surface area contributed by atoms with Crippen molar-refractivity contribution in [2.24, 2.45) is 11.7 Å². The Morgan fingerprint density at radius 2 is 2.10 bits per heavy atom. The van der Waals surface area contributed by atoms with E-state index in [2.05, 4.69) is 29.4 Å². The Morgan fingerprint density at radius 1 is 1.35 bits per heavy atom. The van der Waals surface area contributed by atoms with Gasteiger partial charge in [0.05, 0.1) is 0 Å². The number of carbonyl (C=O) groups excluding carboxylic acids is 1. The van der Waals surface area contributed by atoms with E-state index in [0.717, 1.165) is 17.0 Å². The van der Waals surface area contributed by atoms with Gasteiger partial charge in [0, 0.05) is 18.5 Å². The van der Waals surface area contributed by atoms with Crippen LogP contribution in [0.4, 0.5) is 5.13 Å². The molecule has 0 aliphatic rings. The SMILES string of the molecule is CC(C)Cc1nnc(NC(=O)c2ccccc2CN)s1. The zero-order chi connectivity index (χ0) is 14.5. The van der Waals surface area contributed by atoms with Gasteiger partial charge < -0.3 is 5.73 Å². The van der Waals surface area contributed by atoms with Gasteiger partial charge in [-0.1, -0.05) is 43.4 Å². The predicted molar refractivity (Wildman–Crippen MR) is 80.7 cm³/mol. The van der Waals surface area contributed by atoms with E-state index in [0.29, 0.717) is 23.2 Å². The molecule has 0 spiro atoms. The molecular formula is C14H18N4OS. The van der Waals surface area contributed by atoms with Gasteiger partial charge in [0.15, 0.2) is 0 Å². The Labute approximate surface area is 122 Å². The van der Waals surface area contributed by atoms with Crippen LogP contribution < -0.4 is 11.1 Å². The van der Waals surface area contributed by atoms with Gasteiger partial charge in [-0.05, 0) is 17.5 Å². The van der Waals surface area contributed by atoms with Gasteiger partial charge in [-0.3, -0.25) is 10.1 Å². The van der Waals surface area contributed by atoms with Crippen molar-refractivity contribution >= 4 is 22.4 Å². The molecule has 0 bridgehead atoms. The van der Waals surface area contributed by atoms with Crippen LogP contribution in [0, 0.1) is 5.92 Å². The predicted octanol–water partition coefficient (Wildman–Crippen LogP) is 2.45. The molecule has 2 aromatic rings. The number of nitrogens with one attached hydrogen (secondary N) is 1. The summed E-state index contributed by atoms with van der Waals surface area (Å²) in [7, 11) is 0. The first kappa shape index (κ1) is 14.6. The lowest BCUT2D eigenvalue weighted by atomic mass is 10.1. The highest BCUT2D eigenvalue weighted by Crippen LogP contribution is 2.19. The fourth-order valence-corrected chi connectivity index (χ4v) is 2.77. The third-order valence-electron chi connectivity index (χ3n) is 2.75. The number of hydrogen-bond donors (Lipinski definition) is 2. The largest absolute Gasteiger partial charge is 0.326 e. The van der Waals surface area contributed by atoms with Crippen molar-refractivity contribution in [3.05, 3.63) is 40.4 Å². The first-order valence-electron chi connectivity index (χ1n) is 6.52. The van der Waals surface area contributed by atoms with Gasteiger partial charge in [-0.2, -0.15) is 0 Å². The molecule has 0 unspecified atom stereocenters. The molecule has 6 heteroatoms. The quantitative estimate of drug-likeness (QED) is 0.886. The van der Waals surface area contributed by atoms with Crippen molar-refractivity contribution in [2.45, 2.75) is 26.8 Å². The van der Waals surface area contributed by atoms with Crippen LogP contribution in [-0.4, -0.2) is 16.1 Å². The van der Waals surface area contributed by atoms with E-state index in [-0.39, 0.29) is 5.91 Å². The zero-order valence-corrected chi connectivity index (χ0v) is 12.4. The molecule has 1 heterocycles. The molecule has 1 amide bonds. The summed E-state index contributed by atoms with van der Waals surface area (Å²) in [5.74, 6) is 0.322. The normalized spacial score (nSPS) is 10.8. The van der Waals surface area contributed by atoms with E-state index in [9.17, 15) is 4.79 Å². The lowest BCUT2D eigenvalue weighted by Crippen LogP contribution is -2.15. The average Bonchev–Trinajstić information content (AvgIpc) is 2.85. The molecule has 0 radical (unpaired) electrons. The molecule has 0 saturated heterocycles. The van der Waals surface area contributed by atoms with Crippen molar-refractivity contribution in [1.82, 2.24) is 10.2 Å². The van der Waals surface area contributed by atoms with E-state index >= 15 is 0 Å². The molecule has 20 heavy (non-hydrogen) atoms. The molecule has 0 aliphatic carbocycles. The summed E-state index contributed by atoms with van der Waals surface area (Å²) in [5.41, 5.74) is 7.03. The van der Waals surface area contributed by atoms with Crippen LogP contribution in [0.15, 0.2) is 24.3 Å². The summed E-state index contributed by atoms with van der Waals surface area (Å²) in [6.07, 6.45) is 0.868. The standard InChI is InChI=1S/C14H18N4OS/c1-9(2)7-12-17-18-14(20-12)16-13(19)11-6-4-3-5-10(11)8-15/h3-6,9H,7-8,15H2,1-2H3,(H,16,18,19). The minimum Gasteiger partial charge on any atom is -0.326 e. The molecular weight excluding hydrogens is 272 g/mol. The lowest BCUT2D eigenvalue weighted by molar-refractivity contribution is 0.102. The Bertz CT molecular complexity index is 594. The van der Waals surface area contributed by atoms with E-state index in [4.69, 9.17) is 5.73 Å². The van der Waals surface area contributed by atoms with E-state index in [1.807, 2.05) is 18.2 Å². The molecule has 0 saturated carbocycles. The van der Waals surface area contributed by atoms with E-state index < -0.39 is 0 Å². The molecule has 5 nitrogen and oxygen atoms in total. The number of aromatic nitrogens is 2. The molecule has 3 N–H and O–H groups in total. The second-order valence-corrected chi connectivity index (χ2v) is 5.98. The summed E-state index contributed by atoms with van der Waals surface area (Å²) in [4.78, 5) is 12.2. The average molecular weight is 290 g/mol. The second kappa shape index (κ2) is 6.58. The van der Waals surface area contributed by atoms with Crippen LogP contribution in [0.3, 0.4) is 0 Å². The first-order valence-corrected chi connectivity index (χ1v) is 7.33. The molecule has 1 aromatic carbocycles. The van der Waals surface area contributed by atoms with Crippen LogP contribution in [0.2, 0.25) is 0 Å². The zero-order valence-electron chi connectivity index (χ0n) is 11.6. The first-order chi connectivity index (χ1) is 9.60. The van der Waals surface area contributed by atoms with Crippen molar-refractivity contribution in [1.29, 1.82) is 0 Å². The second-order valence-electron chi connectivity index (χ2n) is 4.91. The maximum Gasteiger partial charge on any atom is 0.257 e. The minimum absolute atomic E-state index is 0.196. The van der Waals surface area contributed by atoms with E-state index in [1.54, 1.807) is 6.07 Å². The van der Waals surface area contributed by atoms with Gasteiger partial charge in [0.25, 0.3) is 5.91 Å². The van der Waals surface area contributed by atoms with Crippen LogP contribution in [-0.2, 0) is 13.0 Å². The highest BCUT2D eigenvalue weighted by Gasteiger charge is 2.13. The number of hydrogen-bond acceptors (Lipinski definition) is 5. The van der Waals surface area contributed by atoms with Crippen molar-refractivity contribution < 1.29 is 4.79 Å². The van der Waals surface area contributed by atoms with Crippen LogP contribution >= 0.6 is 11.3 Å². The molecule has 0 atom stereocenters. The summed E-state index contributed by atoms with van der Waals surface area (Å²) >= 11 is 1.41. The Hall–Kier alpha value is -1.79. The number of rotatable bonds is 5. The molecule has 0 aliphatic heterocycles. The maximum atomic E-state index is 12.2. The monoisotopic (exact) mass is 290 g/mol. The fourth-order valence-electron chi connectivity index (χ4n) is 1.82. The Morgan fingerprint density at radius 3 is 2.80 bits per heavy atom. The number of amides is 1. The molecule has 2 rings (SSSR count). The van der Waals surface area contributed by atoms with Crippen LogP contribution in [0.25, 0.3) is 0 Å². The lowest BCUT2D eigenvalue weighted by Gasteiger charge is -2.06. The summed E-state index contributed by atoms with van der Waals surface area (Å²) < 4.78 is 0. The summed E-state index contributed by atoms with van der Waals surface area (Å²) in [6.45, 7) is 4.58. The highest BCUT2D eigenvalue weighted by molar-refractivity contribution is 7.15. The Kier molecular flexibility index (Phi) is 4.81. The minimum atomic E-state index is -0.196. The summed E-state index contributed by atoms with van der Waals surface area (Å²) in [6, 6.07) is 7.29. The molecule has 0 fully saturated rings. The van der Waals surface area contributed by atoms with Gasteiger partial charge in [0.2, 0.25) is 5.13 Å². The number of nitrogens with zero attached hydrogens (tertiary/aromatic N) is 2. The van der Waals surface area contributed by atoms with Gasteiger partial charge in [0.1, 0.15) is 5.01 Å². The van der Waals surface area contributed by atoms with Crippen LogP contribution in [0.1, 0.15) is 34.8 Å². The molecule has 106 valence electrons. The molecule has 1 aromatic heterocycles. The number of carbonyl (C=O) groups is 1. The smallest absolute Gasteiger partial charge is 0.257 e. The van der Waals surface area contributed by atoms with Gasteiger partial charge in [-0.15, -0.1) is 10.2 Å². The number of benzene rings is 1. The van der Waals surface area contributed by atoms with E-state index in [1.165, 1.54) is 11.3 Å². The Balaban J connectivity index is 2.09. The van der Waals surface area contributed by atoms with Crippen molar-refractivity contribution in [3.63, 3.8) is 0 Å². The van der Waals surface area contributed by atoms with Gasteiger partial charge >= 0.3 is 0 Å². The topological polar surface area (TPSA) is 80.9 Å². The van der Waals surface area contributed by atoms with Crippen LogP contribution in [0.5, 0.6) is 0 Å². The fraction of sp³-hybridized carbons (Fsp3) is 0.357.